The van der Waals surface area contributed by atoms with E-state index in [0.717, 1.165) is 16.8 Å². The Morgan fingerprint density at radius 2 is 1.97 bits per heavy atom. The molecule has 0 aromatic heterocycles. The van der Waals surface area contributed by atoms with Gasteiger partial charge in [-0.3, -0.25) is 19.3 Å². The van der Waals surface area contributed by atoms with Crippen LogP contribution in [0.3, 0.4) is 0 Å². The van der Waals surface area contributed by atoms with Crippen LogP contribution < -0.4 is 10.2 Å². The molecule has 0 bridgehead atoms. The monoisotopic (exact) mass is 412 g/mol. The normalized spacial score (nSPS) is 16.0. The van der Waals surface area contributed by atoms with Crippen molar-refractivity contribution in [1.29, 1.82) is 0 Å². The van der Waals surface area contributed by atoms with Gasteiger partial charge in [0.2, 0.25) is 11.8 Å². The number of nitrogens with zero attached hydrogens (tertiary/aromatic N) is 1. The lowest BCUT2D eigenvalue weighted by atomic mass is 10.1. The number of nitrogens with one attached hydrogen (secondary N) is 1. The highest BCUT2D eigenvalue weighted by atomic mass is 32.2. The molecule has 7 heteroatoms. The predicted molar refractivity (Wildman–Crippen MR) is 115 cm³/mol. The fourth-order valence-electron chi connectivity index (χ4n) is 3.17. The van der Waals surface area contributed by atoms with Crippen LogP contribution in [0.2, 0.25) is 0 Å². The highest BCUT2D eigenvalue weighted by Gasteiger charge is 2.34. The average molecular weight is 413 g/mol. The number of esters is 1. The molecule has 1 aliphatic heterocycles. The van der Waals surface area contributed by atoms with Crippen LogP contribution in [-0.4, -0.2) is 30.1 Å². The number of carbonyl (C=O) groups is 3. The highest BCUT2D eigenvalue weighted by Crippen LogP contribution is 2.42. The molecule has 6 nitrogen and oxygen atoms in total. The van der Waals surface area contributed by atoms with Crippen LogP contribution in [0.25, 0.3) is 0 Å². The number of thioether (sulfide) groups is 1. The molecule has 2 aromatic carbocycles. The zero-order valence-corrected chi connectivity index (χ0v) is 17.3. The quantitative estimate of drug-likeness (QED) is 0.694. The van der Waals surface area contributed by atoms with E-state index in [9.17, 15) is 14.4 Å². The van der Waals surface area contributed by atoms with Crippen molar-refractivity contribution in [2.24, 2.45) is 0 Å². The Balaban J connectivity index is 1.72. The van der Waals surface area contributed by atoms with Crippen LogP contribution in [-0.2, 0) is 19.1 Å². The van der Waals surface area contributed by atoms with Gasteiger partial charge in [0.05, 0.1) is 18.8 Å². The van der Waals surface area contributed by atoms with Gasteiger partial charge in [-0.05, 0) is 49.2 Å². The van der Waals surface area contributed by atoms with Crippen molar-refractivity contribution >= 4 is 40.9 Å². The van der Waals surface area contributed by atoms with E-state index in [1.165, 1.54) is 0 Å². The number of aryl methyl sites for hydroxylation is 1. The van der Waals surface area contributed by atoms with Crippen molar-refractivity contribution < 1.29 is 19.1 Å². The molecule has 152 valence electrons. The fraction of sp³-hybridized carbons (Fsp3) is 0.318. The number of anilines is 2. The molecule has 0 spiro atoms. The summed E-state index contributed by atoms with van der Waals surface area (Å²) in [5.41, 5.74) is 3.54. The molecule has 1 heterocycles. The minimum absolute atomic E-state index is 0.0491. The summed E-state index contributed by atoms with van der Waals surface area (Å²) < 4.78 is 4.84. The summed E-state index contributed by atoms with van der Waals surface area (Å²) in [7, 11) is 0. The van der Waals surface area contributed by atoms with Crippen molar-refractivity contribution in [3.05, 3.63) is 59.7 Å². The summed E-state index contributed by atoms with van der Waals surface area (Å²) in [6, 6.07) is 15.4. The standard InChI is InChI=1S/C22H24N2O4S/c1-3-28-21(27)11-10-19(25)23-17-8-5-7-16(13-17)22-24(20(26)14-29-22)18-9-4-6-15(2)12-18/h4-9,12-13,22H,3,10-11,14H2,1-2H3,(H,23,25)/t22-/m0/s1. The maximum Gasteiger partial charge on any atom is 0.306 e. The maximum atomic E-state index is 12.5. The van der Waals surface area contributed by atoms with Crippen LogP contribution in [0.4, 0.5) is 11.4 Å². The number of hydrogen-bond acceptors (Lipinski definition) is 5. The Kier molecular flexibility index (Phi) is 6.93. The van der Waals surface area contributed by atoms with E-state index in [1.54, 1.807) is 29.7 Å². The van der Waals surface area contributed by atoms with E-state index in [1.807, 2.05) is 49.4 Å². The summed E-state index contributed by atoms with van der Waals surface area (Å²) >= 11 is 1.56. The van der Waals surface area contributed by atoms with Crippen LogP contribution in [0.1, 0.15) is 36.3 Å². The predicted octanol–water partition coefficient (Wildman–Crippen LogP) is 4.06. The number of rotatable bonds is 7. The number of hydrogen-bond donors (Lipinski definition) is 1. The van der Waals surface area contributed by atoms with E-state index in [4.69, 9.17) is 4.74 Å². The van der Waals surface area contributed by atoms with E-state index in [2.05, 4.69) is 5.32 Å². The summed E-state index contributed by atoms with van der Waals surface area (Å²) in [5, 5.41) is 2.67. The maximum absolute atomic E-state index is 12.5. The Morgan fingerprint density at radius 1 is 1.17 bits per heavy atom. The molecular weight excluding hydrogens is 388 g/mol. The topological polar surface area (TPSA) is 75.7 Å². The van der Waals surface area contributed by atoms with Gasteiger partial charge in [-0.25, -0.2) is 0 Å². The summed E-state index contributed by atoms with van der Waals surface area (Å²) in [5.74, 6) is -0.157. The van der Waals surface area contributed by atoms with Gasteiger partial charge in [0.1, 0.15) is 5.37 Å². The molecule has 0 aliphatic carbocycles. The third-order valence-corrected chi connectivity index (χ3v) is 5.68. The number of benzene rings is 2. The van der Waals surface area contributed by atoms with Gasteiger partial charge in [-0.2, -0.15) is 0 Å². The Hall–Kier alpha value is -2.80. The van der Waals surface area contributed by atoms with Gasteiger partial charge >= 0.3 is 5.97 Å². The summed E-state index contributed by atoms with van der Waals surface area (Å²) in [4.78, 5) is 37.9. The van der Waals surface area contributed by atoms with Gasteiger partial charge < -0.3 is 10.1 Å². The number of amides is 2. The first-order valence-electron chi connectivity index (χ1n) is 9.53. The van der Waals surface area contributed by atoms with E-state index in [0.29, 0.717) is 18.0 Å². The van der Waals surface area contributed by atoms with Crippen molar-refractivity contribution in [2.45, 2.75) is 32.1 Å². The molecule has 1 saturated heterocycles. The second-order valence-electron chi connectivity index (χ2n) is 6.74. The first-order valence-corrected chi connectivity index (χ1v) is 10.6. The molecule has 0 radical (unpaired) electrons. The van der Waals surface area contributed by atoms with E-state index < -0.39 is 0 Å². The lowest BCUT2D eigenvalue weighted by Gasteiger charge is -2.25. The third-order valence-electron chi connectivity index (χ3n) is 4.46. The first-order chi connectivity index (χ1) is 14.0. The molecule has 0 unspecified atom stereocenters. The fourth-order valence-corrected chi connectivity index (χ4v) is 4.34. The van der Waals surface area contributed by atoms with Gasteiger partial charge in [-0.15, -0.1) is 11.8 Å². The molecule has 3 rings (SSSR count). The molecule has 1 fully saturated rings. The van der Waals surface area contributed by atoms with Crippen LogP contribution in [0, 0.1) is 6.92 Å². The Bertz CT molecular complexity index is 915. The lowest BCUT2D eigenvalue weighted by Crippen LogP contribution is -2.27. The molecule has 1 aliphatic rings. The third kappa shape index (κ3) is 5.38. The highest BCUT2D eigenvalue weighted by molar-refractivity contribution is 8.00. The second kappa shape index (κ2) is 9.60. The second-order valence-corrected chi connectivity index (χ2v) is 7.81. The van der Waals surface area contributed by atoms with Crippen molar-refractivity contribution in [1.82, 2.24) is 0 Å². The zero-order valence-electron chi connectivity index (χ0n) is 16.5. The van der Waals surface area contributed by atoms with Crippen LogP contribution in [0.15, 0.2) is 48.5 Å². The lowest BCUT2D eigenvalue weighted by molar-refractivity contribution is -0.144. The molecule has 2 aromatic rings. The minimum atomic E-state index is -0.383. The summed E-state index contributed by atoms with van der Waals surface area (Å²) in [6.45, 7) is 4.03. The molecule has 1 atom stereocenters. The summed E-state index contributed by atoms with van der Waals surface area (Å²) in [6.07, 6.45) is 0.114. The molecular formula is C22H24N2O4S. The number of carbonyl (C=O) groups excluding carboxylic acids is 3. The first kappa shape index (κ1) is 20.9. The largest absolute Gasteiger partial charge is 0.466 e. The molecule has 29 heavy (non-hydrogen) atoms. The zero-order chi connectivity index (χ0) is 20.8. The number of ether oxygens (including phenoxy) is 1. The SMILES string of the molecule is CCOC(=O)CCC(=O)Nc1cccc([C@@H]2SCC(=O)N2c2cccc(C)c2)c1. The average Bonchev–Trinajstić information content (AvgIpc) is 3.08. The van der Waals surface area contributed by atoms with Crippen LogP contribution in [0.5, 0.6) is 0 Å². The van der Waals surface area contributed by atoms with E-state index in [-0.39, 0.29) is 36.0 Å². The van der Waals surface area contributed by atoms with Gasteiger partial charge in [0, 0.05) is 17.8 Å². The Morgan fingerprint density at radius 3 is 2.72 bits per heavy atom. The Labute approximate surface area is 174 Å². The van der Waals surface area contributed by atoms with E-state index >= 15 is 0 Å². The minimum Gasteiger partial charge on any atom is -0.466 e. The molecule has 2 amide bonds. The van der Waals surface area contributed by atoms with Crippen molar-refractivity contribution in [3.8, 4) is 0 Å². The van der Waals surface area contributed by atoms with Gasteiger partial charge in [0.25, 0.3) is 0 Å². The smallest absolute Gasteiger partial charge is 0.306 e. The van der Waals surface area contributed by atoms with Crippen LogP contribution >= 0.6 is 11.8 Å². The molecule has 1 N–H and O–H groups in total. The van der Waals surface area contributed by atoms with Crippen molar-refractivity contribution in [3.63, 3.8) is 0 Å². The van der Waals surface area contributed by atoms with Gasteiger partial charge in [-0.1, -0.05) is 24.3 Å². The molecule has 0 saturated carbocycles. The van der Waals surface area contributed by atoms with Crippen molar-refractivity contribution in [2.75, 3.05) is 22.6 Å². The van der Waals surface area contributed by atoms with Gasteiger partial charge in [0.15, 0.2) is 0 Å².